The summed E-state index contributed by atoms with van der Waals surface area (Å²) >= 11 is 5.85. The van der Waals surface area contributed by atoms with Gasteiger partial charge in [0.15, 0.2) is 6.10 Å². The highest BCUT2D eigenvalue weighted by Gasteiger charge is 2.35. The summed E-state index contributed by atoms with van der Waals surface area (Å²) in [6.45, 7) is 1.82. The van der Waals surface area contributed by atoms with Crippen LogP contribution in [0.1, 0.15) is 30.1 Å². The molecule has 1 atom stereocenters. The van der Waals surface area contributed by atoms with Crippen LogP contribution in [0, 0.1) is 0 Å². The Morgan fingerprint density at radius 3 is 2.40 bits per heavy atom. The van der Waals surface area contributed by atoms with Gasteiger partial charge in [-0.05, 0) is 36.1 Å². The molecule has 4 nitrogen and oxygen atoms in total. The number of aliphatic hydroxyl groups excluding tert-OH is 1. The van der Waals surface area contributed by atoms with Crippen molar-refractivity contribution in [3.63, 3.8) is 0 Å². The Bertz CT molecular complexity index is 697. The molecule has 1 saturated heterocycles. The lowest BCUT2D eigenvalue weighted by atomic mass is 9.74. The first kappa shape index (κ1) is 17.9. The van der Waals surface area contributed by atoms with Crippen LogP contribution in [-0.2, 0) is 14.9 Å². The number of nitrogens with one attached hydrogen (secondary N) is 1. The molecule has 0 saturated carbocycles. The molecule has 1 aliphatic rings. The topological polar surface area (TPSA) is 58.6 Å². The summed E-state index contributed by atoms with van der Waals surface area (Å²) in [4.78, 5) is 12.4. The summed E-state index contributed by atoms with van der Waals surface area (Å²) < 4.78 is 5.51. The number of hydrogen-bond donors (Lipinski definition) is 2. The van der Waals surface area contributed by atoms with Crippen LogP contribution >= 0.6 is 11.6 Å². The van der Waals surface area contributed by atoms with E-state index in [2.05, 4.69) is 17.4 Å². The average Bonchev–Trinajstić information content (AvgIpc) is 2.67. The molecule has 1 unspecified atom stereocenters. The van der Waals surface area contributed by atoms with E-state index < -0.39 is 12.0 Å². The quantitative estimate of drug-likeness (QED) is 0.861. The van der Waals surface area contributed by atoms with Gasteiger partial charge in [0.2, 0.25) is 0 Å². The minimum atomic E-state index is -1.20. The molecule has 5 heteroatoms. The number of rotatable bonds is 5. The number of carbonyl (C=O) groups excluding carboxylic acids is 1. The number of benzene rings is 2. The Hall–Kier alpha value is -1.88. The van der Waals surface area contributed by atoms with Gasteiger partial charge in [0.1, 0.15) is 0 Å². The zero-order valence-corrected chi connectivity index (χ0v) is 14.7. The fourth-order valence-corrected chi connectivity index (χ4v) is 3.40. The lowest BCUT2D eigenvalue weighted by molar-refractivity contribution is -0.130. The molecule has 1 heterocycles. The molecule has 0 aromatic heterocycles. The van der Waals surface area contributed by atoms with E-state index in [9.17, 15) is 9.90 Å². The van der Waals surface area contributed by atoms with E-state index in [1.54, 1.807) is 24.3 Å². The Morgan fingerprint density at radius 1 is 1.12 bits per heavy atom. The minimum Gasteiger partial charge on any atom is -0.381 e. The van der Waals surface area contributed by atoms with Crippen molar-refractivity contribution in [3.05, 3.63) is 70.7 Å². The van der Waals surface area contributed by atoms with Gasteiger partial charge < -0.3 is 15.2 Å². The maximum atomic E-state index is 12.4. The molecule has 25 heavy (non-hydrogen) atoms. The van der Waals surface area contributed by atoms with Crippen LogP contribution in [0.2, 0.25) is 5.02 Å². The van der Waals surface area contributed by atoms with Crippen LogP contribution in [0.3, 0.4) is 0 Å². The molecule has 2 aromatic carbocycles. The summed E-state index contributed by atoms with van der Waals surface area (Å²) in [7, 11) is 0. The van der Waals surface area contributed by atoms with Crippen LogP contribution < -0.4 is 5.32 Å². The number of aliphatic hydroxyl groups is 1. The third kappa shape index (κ3) is 4.21. The van der Waals surface area contributed by atoms with E-state index in [0.717, 1.165) is 12.8 Å². The van der Waals surface area contributed by atoms with Gasteiger partial charge in [-0.15, -0.1) is 0 Å². The molecule has 3 rings (SSSR count). The van der Waals surface area contributed by atoms with Gasteiger partial charge in [-0.1, -0.05) is 54.1 Å². The first-order chi connectivity index (χ1) is 12.1. The van der Waals surface area contributed by atoms with Crippen molar-refractivity contribution in [1.82, 2.24) is 5.32 Å². The van der Waals surface area contributed by atoms with E-state index in [4.69, 9.17) is 16.3 Å². The first-order valence-corrected chi connectivity index (χ1v) is 8.83. The minimum absolute atomic E-state index is 0.158. The molecule has 0 aliphatic carbocycles. The summed E-state index contributed by atoms with van der Waals surface area (Å²) in [6, 6.07) is 16.8. The summed E-state index contributed by atoms with van der Waals surface area (Å²) in [5, 5.41) is 13.8. The van der Waals surface area contributed by atoms with Crippen molar-refractivity contribution < 1.29 is 14.6 Å². The molecule has 1 amide bonds. The van der Waals surface area contributed by atoms with Gasteiger partial charge in [0, 0.05) is 30.2 Å². The third-order valence-corrected chi connectivity index (χ3v) is 5.12. The molecule has 2 aromatic rings. The molecular weight excluding hydrogens is 338 g/mol. The Labute approximate surface area is 152 Å². The molecule has 2 N–H and O–H groups in total. The van der Waals surface area contributed by atoms with Crippen molar-refractivity contribution in [3.8, 4) is 0 Å². The monoisotopic (exact) mass is 359 g/mol. The summed E-state index contributed by atoms with van der Waals surface area (Å²) in [5.41, 5.74) is 1.57. The van der Waals surface area contributed by atoms with Gasteiger partial charge >= 0.3 is 0 Å². The van der Waals surface area contributed by atoms with Crippen LogP contribution in [0.25, 0.3) is 0 Å². The maximum absolute atomic E-state index is 12.4. The van der Waals surface area contributed by atoms with Crippen LogP contribution in [0.4, 0.5) is 0 Å². The number of hydrogen-bond acceptors (Lipinski definition) is 3. The van der Waals surface area contributed by atoms with Gasteiger partial charge in [-0.3, -0.25) is 4.79 Å². The SMILES string of the molecule is O=C(NCC1(c2ccccc2)CCOCC1)C(O)c1ccc(Cl)cc1. The van der Waals surface area contributed by atoms with Crippen molar-refractivity contribution in [2.75, 3.05) is 19.8 Å². The molecule has 132 valence electrons. The largest absolute Gasteiger partial charge is 0.381 e. The normalized spacial score (nSPS) is 17.7. The van der Waals surface area contributed by atoms with Crippen LogP contribution in [0.5, 0.6) is 0 Å². The van der Waals surface area contributed by atoms with Crippen LogP contribution in [-0.4, -0.2) is 30.8 Å². The Kier molecular flexibility index (Phi) is 5.74. The fraction of sp³-hybridized carbons (Fsp3) is 0.350. The maximum Gasteiger partial charge on any atom is 0.253 e. The lowest BCUT2D eigenvalue weighted by Gasteiger charge is -2.38. The average molecular weight is 360 g/mol. The van der Waals surface area contributed by atoms with Crippen molar-refractivity contribution in [1.29, 1.82) is 0 Å². The standard InChI is InChI=1S/C20H22ClNO3/c21-17-8-6-15(7-9-17)18(23)19(24)22-14-20(10-12-25-13-11-20)16-4-2-1-3-5-16/h1-9,18,23H,10-14H2,(H,22,24). The number of amides is 1. The molecule has 0 bridgehead atoms. The number of ether oxygens (including phenoxy) is 1. The van der Waals surface area contributed by atoms with E-state index in [0.29, 0.717) is 30.3 Å². The zero-order chi connectivity index (χ0) is 17.7. The molecule has 1 aliphatic heterocycles. The van der Waals surface area contributed by atoms with Crippen molar-refractivity contribution in [2.24, 2.45) is 0 Å². The highest BCUT2D eigenvalue weighted by atomic mass is 35.5. The molecule has 0 spiro atoms. The van der Waals surface area contributed by atoms with Crippen molar-refractivity contribution in [2.45, 2.75) is 24.4 Å². The predicted octanol–water partition coefficient (Wildman–Crippen LogP) is 3.24. The van der Waals surface area contributed by atoms with Gasteiger partial charge in [0.25, 0.3) is 5.91 Å². The number of carbonyl (C=O) groups is 1. The highest BCUT2D eigenvalue weighted by molar-refractivity contribution is 6.30. The summed E-state index contributed by atoms with van der Waals surface area (Å²) in [5.74, 6) is -0.399. The molecule has 1 fully saturated rings. The Balaban J connectivity index is 1.70. The molecular formula is C20H22ClNO3. The van der Waals surface area contributed by atoms with Gasteiger partial charge in [-0.25, -0.2) is 0 Å². The lowest BCUT2D eigenvalue weighted by Crippen LogP contribution is -2.45. The zero-order valence-electron chi connectivity index (χ0n) is 14.0. The van der Waals surface area contributed by atoms with Gasteiger partial charge in [0.05, 0.1) is 0 Å². The highest BCUT2D eigenvalue weighted by Crippen LogP contribution is 2.34. The predicted molar refractivity (Wildman–Crippen MR) is 97.6 cm³/mol. The third-order valence-electron chi connectivity index (χ3n) is 4.87. The van der Waals surface area contributed by atoms with Crippen molar-refractivity contribution >= 4 is 17.5 Å². The Morgan fingerprint density at radius 2 is 1.76 bits per heavy atom. The second-order valence-corrected chi connectivity index (χ2v) is 6.87. The van der Waals surface area contributed by atoms with E-state index >= 15 is 0 Å². The van der Waals surface area contributed by atoms with E-state index in [1.165, 1.54) is 5.56 Å². The second kappa shape index (κ2) is 8.00. The second-order valence-electron chi connectivity index (χ2n) is 6.43. The van der Waals surface area contributed by atoms with Crippen LogP contribution in [0.15, 0.2) is 54.6 Å². The number of halogens is 1. The molecule has 0 radical (unpaired) electrons. The fourth-order valence-electron chi connectivity index (χ4n) is 3.27. The first-order valence-electron chi connectivity index (χ1n) is 8.45. The summed E-state index contributed by atoms with van der Waals surface area (Å²) in [6.07, 6.45) is 0.479. The smallest absolute Gasteiger partial charge is 0.253 e. The van der Waals surface area contributed by atoms with E-state index in [-0.39, 0.29) is 5.41 Å². The van der Waals surface area contributed by atoms with E-state index in [1.807, 2.05) is 18.2 Å². The van der Waals surface area contributed by atoms with Gasteiger partial charge in [-0.2, -0.15) is 0 Å².